The Bertz CT molecular complexity index is 178. The predicted octanol–water partition coefficient (Wildman–Crippen LogP) is 4.59. The molecule has 1 nitrogen and oxygen atoms in total. The second-order valence-electron chi connectivity index (χ2n) is 4.10. The van der Waals surface area contributed by atoms with Gasteiger partial charge in [0.15, 0.2) is 0 Å². The first-order chi connectivity index (χ1) is 6.70. The van der Waals surface area contributed by atoms with Gasteiger partial charge in [-0.25, -0.2) is 0 Å². The number of unbranched alkanes of at least 4 members (excludes halogenated alkanes) is 3. The Hall–Kier alpha value is -0.590. The normalized spacial score (nSPS) is 13.1. The average molecular weight is 195 g/mol. The van der Waals surface area contributed by atoms with Crippen LogP contribution in [0.25, 0.3) is 0 Å². The van der Waals surface area contributed by atoms with Crippen LogP contribution in [0.15, 0.2) is 16.8 Å². The van der Waals surface area contributed by atoms with E-state index in [9.17, 15) is 0 Å². The fourth-order valence-electron chi connectivity index (χ4n) is 1.47. The first kappa shape index (κ1) is 13.4. The number of allylic oxidation sites excluding steroid dienone is 2. The Kier molecular flexibility index (Phi) is 8.61. The van der Waals surface area contributed by atoms with E-state index in [1.54, 1.807) is 0 Å². The molecule has 0 amide bonds. The number of hydrogen-bond donors (Lipinski definition) is 0. The Labute approximate surface area is 89.3 Å². The van der Waals surface area contributed by atoms with Crippen LogP contribution < -0.4 is 0 Å². The molecule has 0 spiro atoms. The number of aliphatic imine (C=N–C) groups is 1. The first-order valence-electron chi connectivity index (χ1n) is 5.90. The highest BCUT2D eigenvalue weighted by Gasteiger charge is 1.96. The molecule has 0 bridgehead atoms. The van der Waals surface area contributed by atoms with Gasteiger partial charge in [-0.15, -0.1) is 0 Å². The SMILES string of the molecule is C/C=N\C(=C/C(C)C)CCCCCC. The molecule has 1 heteroatoms. The van der Waals surface area contributed by atoms with E-state index in [-0.39, 0.29) is 0 Å². The molecule has 0 saturated carbocycles. The maximum Gasteiger partial charge on any atom is 0.0362 e. The van der Waals surface area contributed by atoms with Gasteiger partial charge >= 0.3 is 0 Å². The standard InChI is InChI=1S/C13H25N/c1-5-7-8-9-10-13(14-6-2)11-12(3)4/h6,11-12H,5,7-10H2,1-4H3/b13-11-,14-6-. The third-order valence-corrected chi connectivity index (χ3v) is 2.11. The summed E-state index contributed by atoms with van der Waals surface area (Å²) in [4.78, 5) is 4.40. The summed E-state index contributed by atoms with van der Waals surface area (Å²) in [6, 6.07) is 0. The molecule has 0 aromatic rings. The van der Waals surface area contributed by atoms with Gasteiger partial charge in [0.1, 0.15) is 0 Å². The Morgan fingerprint density at radius 2 is 1.93 bits per heavy atom. The van der Waals surface area contributed by atoms with Crippen molar-refractivity contribution < 1.29 is 0 Å². The molecule has 0 atom stereocenters. The van der Waals surface area contributed by atoms with Crippen molar-refractivity contribution in [3.63, 3.8) is 0 Å². The first-order valence-corrected chi connectivity index (χ1v) is 5.90. The number of rotatable bonds is 7. The molecule has 0 aliphatic carbocycles. The summed E-state index contributed by atoms with van der Waals surface area (Å²) in [5.74, 6) is 0.611. The van der Waals surface area contributed by atoms with Crippen LogP contribution in [0.5, 0.6) is 0 Å². The quantitative estimate of drug-likeness (QED) is 0.416. The highest BCUT2D eigenvalue weighted by atomic mass is 14.7. The van der Waals surface area contributed by atoms with Crippen molar-refractivity contribution in [1.82, 2.24) is 0 Å². The van der Waals surface area contributed by atoms with Crippen LogP contribution in [0.2, 0.25) is 0 Å². The zero-order chi connectivity index (χ0) is 10.8. The Morgan fingerprint density at radius 3 is 2.43 bits per heavy atom. The van der Waals surface area contributed by atoms with E-state index in [4.69, 9.17) is 0 Å². The van der Waals surface area contributed by atoms with E-state index < -0.39 is 0 Å². The lowest BCUT2D eigenvalue weighted by molar-refractivity contribution is 0.658. The van der Waals surface area contributed by atoms with Crippen molar-refractivity contribution >= 4 is 6.21 Å². The fourth-order valence-corrected chi connectivity index (χ4v) is 1.47. The maximum absolute atomic E-state index is 4.40. The average Bonchev–Trinajstić information content (AvgIpc) is 2.12. The van der Waals surface area contributed by atoms with Gasteiger partial charge in [0.2, 0.25) is 0 Å². The maximum atomic E-state index is 4.40. The molecule has 0 fully saturated rings. The Morgan fingerprint density at radius 1 is 1.21 bits per heavy atom. The molecule has 0 saturated heterocycles. The van der Waals surface area contributed by atoms with E-state index in [2.05, 4.69) is 31.8 Å². The topological polar surface area (TPSA) is 12.4 Å². The van der Waals surface area contributed by atoms with Crippen molar-refractivity contribution in [1.29, 1.82) is 0 Å². The van der Waals surface area contributed by atoms with Gasteiger partial charge in [-0.2, -0.15) is 0 Å². The smallest absolute Gasteiger partial charge is 0.0362 e. The van der Waals surface area contributed by atoms with Gasteiger partial charge in [-0.05, 0) is 25.7 Å². The minimum absolute atomic E-state index is 0.611. The van der Waals surface area contributed by atoms with Gasteiger partial charge in [-0.1, -0.05) is 46.1 Å². The van der Waals surface area contributed by atoms with Crippen LogP contribution in [-0.2, 0) is 0 Å². The molecule has 0 rings (SSSR count). The summed E-state index contributed by atoms with van der Waals surface area (Å²) in [5.41, 5.74) is 1.26. The van der Waals surface area contributed by atoms with Crippen molar-refractivity contribution in [2.24, 2.45) is 10.9 Å². The molecule has 0 aromatic heterocycles. The van der Waals surface area contributed by atoms with Crippen LogP contribution in [0, 0.1) is 5.92 Å². The van der Waals surface area contributed by atoms with Crippen molar-refractivity contribution in [3.05, 3.63) is 11.8 Å². The summed E-state index contributed by atoms with van der Waals surface area (Å²) in [7, 11) is 0. The fraction of sp³-hybridized carbons (Fsp3) is 0.769. The van der Waals surface area contributed by atoms with Crippen molar-refractivity contribution in [2.75, 3.05) is 0 Å². The monoisotopic (exact) mass is 195 g/mol. The lowest BCUT2D eigenvalue weighted by Crippen LogP contribution is -1.87. The zero-order valence-corrected chi connectivity index (χ0v) is 10.2. The van der Waals surface area contributed by atoms with Crippen molar-refractivity contribution in [2.45, 2.75) is 59.8 Å². The largest absolute Gasteiger partial charge is 0.266 e. The highest BCUT2D eigenvalue weighted by molar-refractivity contribution is 5.55. The molecule has 82 valence electrons. The van der Waals surface area contributed by atoms with E-state index >= 15 is 0 Å². The lowest BCUT2D eigenvalue weighted by Gasteiger charge is -2.03. The van der Waals surface area contributed by atoms with E-state index in [1.807, 2.05) is 13.1 Å². The summed E-state index contributed by atoms with van der Waals surface area (Å²) in [5, 5.41) is 0. The minimum atomic E-state index is 0.611. The lowest BCUT2D eigenvalue weighted by atomic mass is 10.1. The third-order valence-electron chi connectivity index (χ3n) is 2.11. The molecule has 0 aliphatic rings. The number of hydrogen-bond acceptors (Lipinski definition) is 1. The molecule has 0 aromatic carbocycles. The van der Waals surface area contributed by atoms with E-state index in [0.717, 1.165) is 6.42 Å². The molecule has 0 aliphatic heterocycles. The summed E-state index contributed by atoms with van der Waals surface area (Å²) < 4.78 is 0. The molecule has 0 radical (unpaired) electrons. The second kappa shape index (κ2) is 8.98. The van der Waals surface area contributed by atoms with Gasteiger partial charge in [-0.3, -0.25) is 4.99 Å². The van der Waals surface area contributed by atoms with Crippen LogP contribution in [0.3, 0.4) is 0 Å². The molecule has 0 unspecified atom stereocenters. The van der Waals surface area contributed by atoms with Gasteiger partial charge in [0.05, 0.1) is 0 Å². The van der Waals surface area contributed by atoms with Gasteiger partial charge in [0, 0.05) is 11.9 Å². The van der Waals surface area contributed by atoms with E-state index in [0.29, 0.717) is 5.92 Å². The predicted molar refractivity (Wildman–Crippen MR) is 65.8 cm³/mol. The van der Waals surface area contributed by atoms with Crippen LogP contribution in [0.1, 0.15) is 59.8 Å². The highest BCUT2D eigenvalue weighted by Crippen LogP contribution is 2.13. The van der Waals surface area contributed by atoms with E-state index in [1.165, 1.54) is 31.4 Å². The molecular formula is C13H25N. The van der Waals surface area contributed by atoms with Gasteiger partial charge < -0.3 is 0 Å². The van der Waals surface area contributed by atoms with Crippen molar-refractivity contribution in [3.8, 4) is 0 Å². The molecule has 14 heavy (non-hydrogen) atoms. The molecule has 0 N–H and O–H groups in total. The molecule has 0 heterocycles. The third kappa shape index (κ3) is 8.03. The zero-order valence-electron chi connectivity index (χ0n) is 10.2. The Balaban J connectivity index is 3.86. The van der Waals surface area contributed by atoms with Gasteiger partial charge in [0.25, 0.3) is 0 Å². The summed E-state index contributed by atoms with van der Waals surface area (Å²) in [6.45, 7) is 8.64. The summed E-state index contributed by atoms with van der Waals surface area (Å²) in [6.07, 6.45) is 10.6. The minimum Gasteiger partial charge on any atom is -0.266 e. The molecular weight excluding hydrogens is 170 g/mol. The van der Waals surface area contributed by atoms with Crippen LogP contribution in [0.4, 0.5) is 0 Å². The second-order valence-corrected chi connectivity index (χ2v) is 4.10. The summed E-state index contributed by atoms with van der Waals surface area (Å²) >= 11 is 0. The van der Waals surface area contributed by atoms with Crippen LogP contribution >= 0.6 is 0 Å². The number of nitrogens with zero attached hydrogens (tertiary/aromatic N) is 1. The van der Waals surface area contributed by atoms with Crippen LogP contribution in [-0.4, -0.2) is 6.21 Å².